The molecule has 1 aromatic carbocycles. The van der Waals surface area contributed by atoms with Crippen molar-refractivity contribution in [3.05, 3.63) is 29.8 Å². The first kappa shape index (κ1) is 16.4. The maximum atomic E-state index is 2.81. The molecule has 3 fully saturated rings. The molecule has 1 aromatic rings. The summed E-state index contributed by atoms with van der Waals surface area (Å²) in [5.41, 5.74) is 2.78. The Labute approximate surface area is 147 Å². The number of anilines is 1. The van der Waals surface area contributed by atoms with Crippen molar-refractivity contribution in [1.82, 2.24) is 9.80 Å². The van der Waals surface area contributed by atoms with E-state index in [4.69, 9.17) is 0 Å². The predicted molar refractivity (Wildman–Crippen MR) is 102 cm³/mol. The van der Waals surface area contributed by atoms with Crippen molar-refractivity contribution >= 4 is 5.69 Å². The van der Waals surface area contributed by atoms with Crippen molar-refractivity contribution in [2.75, 3.05) is 50.7 Å². The maximum Gasteiger partial charge on any atom is 0.0369 e. The third-order valence-corrected chi connectivity index (χ3v) is 6.46. The lowest BCUT2D eigenvalue weighted by Gasteiger charge is -2.46. The van der Waals surface area contributed by atoms with Gasteiger partial charge in [0.25, 0.3) is 0 Å². The quantitative estimate of drug-likeness (QED) is 0.843. The lowest BCUT2D eigenvalue weighted by molar-refractivity contribution is 0.0394. The van der Waals surface area contributed by atoms with Crippen LogP contribution in [0.1, 0.15) is 37.7 Å². The zero-order chi connectivity index (χ0) is 16.4. The molecule has 3 nitrogen and oxygen atoms in total. The molecule has 0 radical (unpaired) electrons. The number of benzene rings is 1. The molecule has 0 unspecified atom stereocenters. The van der Waals surface area contributed by atoms with Crippen molar-refractivity contribution in [3.8, 4) is 0 Å². The molecule has 3 saturated heterocycles. The molecule has 3 heteroatoms. The van der Waals surface area contributed by atoms with Crippen LogP contribution >= 0.6 is 0 Å². The van der Waals surface area contributed by atoms with E-state index in [9.17, 15) is 0 Å². The summed E-state index contributed by atoms with van der Waals surface area (Å²) in [6.07, 6.45) is 7.22. The van der Waals surface area contributed by atoms with E-state index in [0.717, 1.165) is 12.0 Å². The van der Waals surface area contributed by atoms with Crippen LogP contribution in [0.25, 0.3) is 0 Å². The fourth-order valence-corrected chi connectivity index (χ4v) is 5.14. The minimum Gasteiger partial charge on any atom is -0.369 e. The van der Waals surface area contributed by atoms with Crippen molar-refractivity contribution < 1.29 is 0 Å². The standard InChI is InChI=1S/C21H33N3/c1-18-6-4-8-20(16-18)23-14-12-22(13-15-23)17-19-7-5-11-24-10-3-2-9-21(19)24/h4,6,8,16,19,21H,2-3,5,7,9-15,17H2,1H3/t19-,21+/m0/s1. The van der Waals surface area contributed by atoms with Crippen LogP contribution in [0.5, 0.6) is 0 Å². The topological polar surface area (TPSA) is 9.72 Å². The molecule has 132 valence electrons. The number of fused-ring (bicyclic) bond motifs is 1. The molecule has 0 spiro atoms. The predicted octanol–water partition coefficient (Wildman–Crippen LogP) is 3.38. The molecular formula is C21H33N3. The van der Waals surface area contributed by atoms with Gasteiger partial charge in [-0.3, -0.25) is 4.90 Å². The number of rotatable bonds is 3. The fourth-order valence-electron chi connectivity index (χ4n) is 5.14. The van der Waals surface area contributed by atoms with Gasteiger partial charge in [0.2, 0.25) is 0 Å². The van der Waals surface area contributed by atoms with Crippen LogP contribution < -0.4 is 4.90 Å². The van der Waals surface area contributed by atoms with Crippen LogP contribution in [-0.4, -0.2) is 61.7 Å². The van der Waals surface area contributed by atoms with Gasteiger partial charge in [0.05, 0.1) is 0 Å². The molecule has 0 amide bonds. The van der Waals surface area contributed by atoms with Crippen LogP contribution in [-0.2, 0) is 0 Å². The van der Waals surface area contributed by atoms with E-state index in [0.29, 0.717) is 0 Å². The monoisotopic (exact) mass is 327 g/mol. The van der Waals surface area contributed by atoms with Crippen LogP contribution in [0.2, 0.25) is 0 Å². The number of hydrogen-bond donors (Lipinski definition) is 0. The van der Waals surface area contributed by atoms with Crippen LogP contribution in [0.4, 0.5) is 5.69 Å². The van der Waals surface area contributed by atoms with Gasteiger partial charge in [-0.25, -0.2) is 0 Å². The Hall–Kier alpha value is -1.06. The Morgan fingerprint density at radius 3 is 2.58 bits per heavy atom. The Morgan fingerprint density at radius 2 is 1.75 bits per heavy atom. The van der Waals surface area contributed by atoms with E-state index in [1.807, 2.05) is 0 Å². The third-order valence-electron chi connectivity index (χ3n) is 6.46. The number of nitrogens with zero attached hydrogens (tertiary/aromatic N) is 3. The van der Waals surface area contributed by atoms with Crippen LogP contribution in [0.15, 0.2) is 24.3 Å². The highest BCUT2D eigenvalue weighted by atomic mass is 15.3. The summed E-state index contributed by atoms with van der Waals surface area (Å²) < 4.78 is 0. The highest BCUT2D eigenvalue weighted by molar-refractivity contribution is 5.48. The number of aryl methyl sites for hydroxylation is 1. The molecule has 2 atom stereocenters. The van der Waals surface area contributed by atoms with Crippen molar-refractivity contribution in [3.63, 3.8) is 0 Å². The van der Waals surface area contributed by atoms with Crippen molar-refractivity contribution in [1.29, 1.82) is 0 Å². The molecule has 0 N–H and O–H groups in total. The van der Waals surface area contributed by atoms with Gasteiger partial charge in [0.15, 0.2) is 0 Å². The van der Waals surface area contributed by atoms with E-state index in [-0.39, 0.29) is 0 Å². The van der Waals surface area contributed by atoms with Gasteiger partial charge in [0, 0.05) is 44.5 Å². The second-order valence-electron chi connectivity index (χ2n) is 8.13. The lowest BCUT2D eigenvalue weighted by Crippen LogP contribution is -2.53. The van der Waals surface area contributed by atoms with E-state index in [1.165, 1.54) is 89.2 Å². The zero-order valence-corrected chi connectivity index (χ0v) is 15.3. The van der Waals surface area contributed by atoms with Crippen molar-refractivity contribution in [2.24, 2.45) is 5.92 Å². The minimum absolute atomic E-state index is 0.891. The Morgan fingerprint density at radius 1 is 0.917 bits per heavy atom. The minimum atomic E-state index is 0.891. The molecule has 0 aliphatic carbocycles. The van der Waals surface area contributed by atoms with Gasteiger partial charge in [-0.1, -0.05) is 18.6 Å². The first-order valence-electron chi connectivity index (χ1n) is 10.1. The third kappa shape index (κ3) is 3.62. The summed E-state index contributed by atoms with van der Waals surface area (Å²) in [4.78, 5) is 8.12. The van der Waals surface area contributed by atoms with Crippen LogP contribution in [0, 0.1) is 12.8 Å². The van der Waals surface area contributed by atoms with Gasteiger partial charge >= 0.3 is 0 Å². The average molecular weight is 328 g/mol. The van der Waals surface area contributed by atoms with Gasteiger partial charge in [0.1, 0.15) is 0 Å². The molecule has 3 aliphatic heterocycles. The Balaban J connectivity index is 1.31. The van der Waals surface area contributed by atoms with Crippen LogP contribution in [0.3, 0.4) is 0 Å². The first-order valence-corrected chi connectivity index (χ1v) is 10.1. The Kier molecular flexibility index (Phi) is 5.09. The summed E-state index contributed by atoms with van der Waals surface area (Å²) in [5, 5.41) is 0. The van der Waals surface area contributed by atoms with Gasteiger partial charge < -0.3 is 9.80 Å². The summed E-state index contributed by atoms with van der Waals surface area (Å²) in [6.45, 7) is 11.1. The maximum absolute atomic E-state index is 2.81. The largest absolute Gasteiger partial charge is 0.369 e. The molecular weight excluding hydrogens is 294 g/mol. The second-order valence-corrected chi connectivity index (χ2v) is 8.13. The average Bonchev–Trinajstić information content (AvgIpc) is 2.63. The van der Waals surface area contributed by atoms with Gasteiger partial charge in [-0.05, 0) is 69.3 Å². The van der Waals surface area contributed by atoms with E-state index in [1.54, 1.807) is 0 Å². The second kappa shape index (κ2) is 7.45. The van der Waals surface area contributed by atoms with Gasteiger partial charge in [-0.15, -0.1) is 0 Å². The van der Waals surface area contributed by atoms with Crippen molar-refractivity contribution in [2.45, 2.75) is 45.1 Å². The summed E-state index contributed by atoms with van der Waals surface area (Å²) in [7, 11) is 0. The van der Waals surface area contributed by atoms with Gasteiger partial charge in [-0.2, -0.15) is 0 Å². The van der Waals surface area contributed by atoms with E-state index >= 15 is 0 Å². The lowest BCUT2D eigenvalue weighted by atomic mass is 9.83. The summed E-state index contributed by atoms with van der Waals surface area (Å²) >= 11 is 0. The molecule has 0 aromatic heterocycles. The zero-order valence-electron chi connectivity index (χ0n) is 15.3. The highest BCUT2D eigenvalue weighted by Crippen LogP contribution is 2.31. The normalized spacial score (nSPS) is 29.5. The smallest absolute Gasteiger partial charge is 0.0369 e. The number of hydrogen-bond acceptors (Lipinski definition) is 3. The summed E-state index contributed by atoms with van der Waals surface area (Å²) in [6, 6.07) is 9.87. The molecule has 3 aliphatic rings. The molecule has 3 heterocycles. The van der Waals surface area contributed by atoms with E-state index < -0.39 is 0 Å². The molecule has 0 saturated carbocycles. The Bertz CT molecular complexity index is 534. The highest BCUT2D eigenvalue weighted by Gasteiger charge is 2.34. The first-order chi connectivity index (χ1) is 11.8. The molecule has 4 rings (SSSR count). The van der Waals surface area contributed by atoms with E-state index in [2.05, 4.69) is 45.9 Å². The number of piperazine rings is 1. The fraction of sp³-hybridized carbons (Fsp3) is 0.714. The molecule has 24 heavy (non-hydrogen) atoms. The summed E-state index contributed by atoms with van der Waals surface area (Å²) in [5.74, 6) is 0.921. The SMILES string of the molecule is Cc1cccc(N2CCN(C[C@@H]3CCCN4CCCC[C@H]34)CC2)c1. The molecule has 0 bridgehead atoms. The number of piperidine rings is 2.